The second-order valence-electron chi connectivity index (χ2n) is 5.84. The van der Waals surface area contributed by atoms with E-state index in [-0.39, 0.29) is 37.0 Å². The number of carbonyl (C=O) groups is 1. The molecule has 2 aromatic carbocycles. The summed E-state index contributed by atoms with van der Waals surface area (Å²) in [7, 11) is -3.79. The van der Waals surface area contributed by atoms with Gasteiger partial charge in [0.15, 0.2) is 0 Å². The third-order valence-electron chi connectivity index (χ3n) is 4.22. The van der Waals surface area contributed by atoms with Crippen molar-refractivity contribution in [3.63, 3.8) is 0 Å². The van der Waals surface area contributed by atoms with Crippen LogP contribution in [0.3, 0.4) is 0 Å². The van der Waals surface area contributed by atoms with Crippen molar-refractivity contribution in [3.05, 3.63) is 65.5 Å². The summed E-state index contributed by atoms with van der Waals surface area (Å²) >= 11 is 0. The number of rotatable bonds is 3. The van der Waals surface area contributed by atoms with Crippen molar-refractivity contribution in [2.75, 3.05) is 26.2 Å². The molecular formula is C18H16FN3O3S. The zero-order valence-corrected chi connectivity index (χ0v) is 14.6. The molecule has 0 aromatic heterocycles. The Morgan fingerprint density at radius 3 is 2.27 bits per heavy atom. The van der Waals surface area contributed by atoms with Crippen LogP contribution in [0.15, 0.2) is 53.4 Å². The molecule has 1 aliphatic heterocycles. The van der Waals surface area contributed by atoms with Crippen LogP contribution >= 0.6 is 0 Å². The van der Waals surface area contributed by atoms with E-state index in [1.807, 2.05) is 6.07 Å². The van der Waals surface area contributed by atoms with Gasteiger partial charge in [-0.15, -0.1) is 0 Å². The number of sulfonamides is 1. The molecule has 0 bridgehead atoms. The van der Waals surface area contributed by atoms with Crippen LogP contribution in [0.1, 0.15) is 15.9 Å². The monoisotopic (exact) mass is 373 g/mol. The Bertz CT molecular complexity index is 960. The van der Waals surface area contributed by atoms with Gasteiger partial charge in [-0.1, -0.05) is 6.07 Å². The first kappa shape index (κ1) is 18.0. The van der Waals surface area contributed by atoms with Gasteiger partial charge in [-0.05, 0) is 42.5 Å². The molecule has 8 heteroatoms. The molecule has 0 aliphatic carbocycles. The molecule has 0 unspecified atom stereocenters. The summed E-state index contributed by atoms with van der Waals surface area (Å²) in [4.78, 5) is 14.0. The molecule has 0 N–H and O–H groups in total. The molecule has 0 spiro atoms. The topological polar surface area (TPSA) is 81.5 Å². The van der Waals surface area contributed by atoms with E-state index >= 15 is 0 Å². The van der Waals surface area contributed by atoms with E-state index in [1.54, 1.807) is 29.2 Å². The Balaban J connectivity index is 1.68. The van der Waals surface area contributed by atoms with Gasteiger partial charge >= 0.3 is 0 Å². The molecule has 0 atom stereocenters. The fourth-order valence-corrected chi connectivity index (χ4v) is 4.23. The van der Waals surface area contributed by atoms with E-state index in [9.17, 15) is 17.6 Å². The molecule has 1 fully saturated rings. The molecule has 0 saturated carbocycles. The fraction of sp³-hybridized carbons (Fsp3) is 0.222. The van der Waals surface area contributed by atoms with E-state index in [0.717, 1.165) is 6.07 Å². The first-order chi connectivity index (χ1) is 12.4. The maximum absolute atomic E-state index is 13.3. The molecule has 3 rings (SSSR count). The zero-order valence-electron chi connectivity index (χ0n) is 13.8. The van der Waals surface area contributed by atoms with Gasteiger partial charge in [-0.3, -0.25) is 4.79 Å². The second-order valence-corrected chi connectivity index (χ2v) is 7.78. The van der Waals surface area contributed by atoms with Crippen molar-refractivity contribution >= 4 is 15.9 Å². The quantitative estimate of drug-likeness (QED) is 0.822. The van der Waals surface area contributed by atoms with E-state index in [2.05, 4.69) is 0 Å². The lowest BCUT2D eigenvalue weighted by Crippen LogP contribution is -2.50. The molecule has 26 heavy (non-hydrogen) atoms. The number of halogens is 1. The highest BCUT2D eigenvalue weighted by Gasteiger charge is 2.30. The predicted molar refractivity (Wildman–Crippen MR) is 92.2 cm³/mol. The van der Waals surface area contributed by atoms with Crippen molar-refractivity contribution in [3.8, 4) is 6.07 Å². The highest BCUT2D eigenvalue weighted by atomic mass is 32.2. The number of nitrogens with zero attached hydrogens (tertiary/aromatic N) is 3. The molecule has 1 amide bonds. The minimum Gasteiger partial charge on any atom is -0.336 e. The van der Waals surface area contributed by atoms with Crippen molar-refractivity contribution < 1.29 is 17.6 Å². The number of hydrogen-bond acceptors (Lipinski definition) is 4. The minimum absolute atomic E-state index is 0.0932. The highest BCUT2D eigenvalue weighted by Crippen LogP contribution is 2.19. The maximum atomic E-state index is 13.3. The molecule has 6 nitrogen and oxygen atoms in total. The van der Waals surface area contributed by atoms with Crippen molar-refractivity contribution in [2.24, 2.45) is 0 Å². The molecular weight excluding hydrogens is 357 g/mol. The van der Waals surface area contributed by atoms with Crippen LogP contribution < -0.4 is 0 Å². The van der Waals surface area contributed by atoms with Gasteiger partial charge in [0.25, 0.3) is 5.91 Å². The largest absolute Gasteiger partial charge is 0.336 e. The van der Waals surface area contributed by atoms with Gasteiger partial charge < -0.3 is 4.90 Å². The van der Waals surface area contributed by atoms with Crippen molar-refractivity contribution in [1.82, 2.24) is 9.21 Å². The summed E-state index contributed by atoms with van der Waals surface area (Å²) in [5.74, 6) is -0.821. The van der Waals surface area contributed by atoms with Gasteiger partial charge in [0, 0.05) is 31.7 Å². The van der Waals surface area contributed by atoms with Crippen molar-refractivity contribution in [2.45, 2.75) is 4.90 Å². The van der Waals surface area contributed by atoms with E-state index in [0.29, 0.717) is 11.1 Å². The second kappa shape index (κ2) is 7.23. The Hall–Kier alpha value is -2.76. The number of benzene rings is 2. The lowest BCUT2D eigenvalue weighted by Gasteiger charge is -2.34. The normalized spacial score (nSPS) is 15.5. The summed E-state index contributed by atoms with van der Waals surface area (Å²) in [6, 6.07) is 13.2. The van der Waals surface area contributed by atoms with Crippen LogP contribution in [-0.2, 0) is 10.0 Å². The van der Waals surface area contributed by atoms with E-state index < -0.39 is 15.8 Å². The van der Waals surface area contributed by atoms with E-state index in [1.165, 1.54) is 22.5 Å². The summed E-state index contributed by atoms with van der Waals surface area (Å²) in [6.45, 7) is 0.766. The Morgan fingerprint density at radius 1 is 1.04 bits per heavy atom. The number of amides is 1. The number of piperazine rings is 1. The molecule has 1 saturated heterocycles. The van der Waals surface area contributed by atoms with Gasteiger partial charge in [-0.25, -0.2) is 12.8 Å². The number of carbonyl (C=O) groups excluding carboxylic acids is 1. The van der Waals surface area contributed by atoms with Gasteiger partial charge in [0.2, 0.25) is 10.0 Å². The average Bonchev–Trinajstić information content (AvgIpc) is 2.67. The lowest BCUT2D eigenvalue weighted by molar-refractivity contribution is 0.0698. The van der Waals surface area contributed by atoms with Crippen LogP contribution in [0.2, 0.25) is 0 Å². The van der Waals surface area contributed by atoms with Gasteiger partial charge in [0.05, 0.1) is 16.5 Å². The minimum atomic E-state index is -3.79. The van der Waals surface area contributed by atoms with E-state index in [4.69, 9.17) is 5.26 Å². The standard InChI is InChI=1S/C18H16FN3O3S/c19-16-2-1-3-17(12-16)26(24,25)22-10-8-21(9-11-22)18(23)15-6-4-14(13-20)5-7-15/h1-7,12H,8-11H2. The zero-order chi connectivity index (χ0) is 18.7. The molecule has 2 aromatic rings. The van der Waals surface area contributed by atoms with Crippen LogP contribution in [0, 0.1) is 17.1 Å². The predicted octanol–water partition coefficient (Wildman–Crippen LogP) is 1.84. The molecule has 0 radical (unpaired) electrons. The Kier molecular flexibility index (Phi) is 5.02. The summed E-state index contributed by atoms with van der Waals surface area (Å²) in [5.41, 5.74) is 0.915. The van der Waals surface area contributed by atoms with Crippen LogP contribution in [0.5, 0.6) is 0 Å². The smallest absolute Gasteiger partial charge is 0.253 e. The highest BCUT2D eigenvalue weighted by molar-refractivity contribution is 7.89. The summed E-state index contributed by atoms with van der Waals surface area (Å²) < 4.78 is 39.7. The van der Waals surface area contributed by atoms with Crippen molar-refractivity contribution in [1.29, 1.82) is 5.26 Å². The first-order valence-electron chi connectivity index (χ1n) is 7.97. The molecule has 1 heterocycles. The average molecular weight is 373 g/mol. The first-order valence-corrected chi connectivity index (χ1v) is 9.41. The third-order valence-corrected chi connectivity index (χ3v) is 6.12. The Labute approximate surface area is 151 Å². The summed E-state index contributed by atoms with van der Waals surface area (Å²) in [6.07, 6.45) is 0. The fourth-order valence-electron chi connectivity index (χ4n) is 2.78. The number of hydrogen-bond donors (Lipinski definition) is 0. The van der Waals surface area contributed by atoms with Crippen LogP contribution in [0.4, 0.5) is 4.39 Å². The van der Waals surface area contributed by atoms with Crippen LogP contribution in [0.25, 0.3) is 0 Å². The van der Waals surface area contributed by atoms with Gasteiger partial charge in [0.1, 0.15) is 5.82 Å². The van der Waals surface area contributed by atoms with Crippen LogP contribution in [-0.4, -0.2) is 49.7 Å². The molecule has 134 valence electrons. The van der Waals surface area contributed by atoms with Gasteiger partial charge in [-0.2, -0.15) is 9.57 Å². The summed E-state index contributed by atoms with van der Waals surface area (Å²) in [5, 5.41) is 8.80. The Morgan fingerprint density at radius 2 is 1.69 bits per heavy atom. The maximum Gasteiger partial charge on any atom is 0.253 e. The lowest BCUT2D eigenvalue weighted by atomic mass is 10.1. The third kappa shape index (κ3) is 3.59. The molecule has 1 aliphatic rings. The number of nitriles is 1. The SMILES string of the molecule is N#Cc1ccc(C(=O)N2CCN(S(=O)(=O)c3cccc(F)c3)CC2)cc1.